The summed E-state index contributed by atoms with van der Waals surface area (Å²) in [6.45, 7) is 0. The van der Waals surface area contributed by atoms with Crippen LogP contribution in [0.25, 0.3) is 16.8 Å². The van der Waals surface area contributed by atoms with Crippen LogP contribution < -0.4 is 15.8 Å². The predicted octanol–water partition coefficient (Wildman–Crippen LogP) is 2.46. The summed E-state index contributed by atoms with van der Waals surface area (Å²) in [6, 6.07) is 9.80. The van der Waals surface area contributed by atoms with Gasteiger partial charge in [0, 0.05) is 41.7 Å². The molecular weight excluding hydrogens is 342 g/mol. The number of rotatable bonds is 5. The quantitative estimate of drug-likeness (QED) is 0.605. The molecule has 0 amide bonds. The maximum absolute atomic E-state index is 10.3. The fourth-order valence-electron chi connectivity index (χ4n) is 3.95. The van der Waals surface area contributed by atoms with Gasteiger partial charge in [-0.2, -0.15) is 0 Å². The van der Waals surface area contributed by atoms with Gasteiger partial charge < -0.3 is 26.3 Å². The highest BCUT2D eigenvalue weighted by atomic mass is 16.5. The van der Waals surface area contributed by atoms with Crippen LogP contribution in [-0.2, 0) is 0 Å². The van der Waals surface area contributed by atoms with Gasteiger partial charge in [0.15, 0.2) is 0 Å². The Morgan fingerprint density at radius 2 is 1.96 bits per heavy atom. The first kappa shape index (κ1) is 17.5. The minimum Gasteiger partial charge on any atom is -0.507 e. The van der Waals surface area contributed by atoms with Crippen LogP contribution in [0, 0.1) is 5.41 Å². The highest BCUT2D eigenvalue weighted by molar-refractivity contribution is 6.08. The van der Waals surface area contributed by atoms with Crippen LogP contribution in [0.15, 0.2) is 36.5 Å². The normalized spacial score (nSPS) is 24.6. The number of phenolic OH excluding ortho intramolecular Hbond substituents is 1. The number of phenols is 1. The first-order valence-electron chi connectivity index (χ1n) is 9.19. The molecule has 0 aliphatic carbocycles. The van der Waals surface area contributed by atoms with Gasteiger partial charge in [0.25, 0.3) is 0 Å². The Morgan fingerprint density at radius 3 is 2.56 bits per heavy atom. The van der Waals surface area contributed by atoms with E-state index in [1.54, 1.807) is 30.3 Å². The molecule has 2 bridgehead atoms. The van der Waals surface area contributed by atoms with Crippen LogP contribution in [0.1, 0.15) is 31.2 Å². The monoisotopic (exact) mass is 365 g/mol. The Balaban J connectivity index is 1.48. The third-order valence-electron chi connectivity index (χ3n) is 5.30. The van der Waals surface area contributed by atoms with E-state index in [0.717, 1.165) is 19.1 Å². The summed E-state index contributed by atoms with van der Waals surface area (Å²) in [4.78, 5) is 0. The molecule has 27 heavy (non-hydrogen) atoms. The van der Waals surface area contributed by atoms with Crippen LogP contribution in [0.3, 0.4) is 0 Å². The molecule has 1 aromatic heterocycles. The van der Waals surface area contributed by atoms with Crippen molar-refractivity contribution in [1.29, 1.82) is 5.41 Å². The molecule has 2 fully saturated rings. The summed E-state index contributed by atoms with van der Waals surface area (Å²) >= 11 is 0. The largest absolute Gasteiger partial charge is 0.507 e. The fourth-order valence-corrected chi connectivity index (χ4v) is 3.95. The van der Waals surface area contributed by atoms with Crippen LogP contribution in [0.2, 0.25) is 0 Å². The molecule has 140 valence electrons. The lowest BCUT2D eigenvalue weighted by Gasteiger charge is -2.28. The Bertz CT molecular complexity index is 853. The standard InChI is InChI=1S/C20H23N5O2/c21-10-13(11-22)12-1-4-17(19(26)7-12)18-5-6-20(25-24-18)27-16-8-14-2-3-15(9-16)23-14/h1,4-7,10-11,14-16,21,23,26H,2-3,8-9,22H2/t14-,15+,16?. The average Bonchev–Trinajstić information content (AvgIpc) is 3.02. The summed E-state index contributed by atoms with van der Waals surface area (Å²) in [5.41, 5.74) is 7.82. The predicted molar refractivity (Wildman–Crippen MR) is 104 cm³/mol. The van der Waals surface area contributed by atoms with Crippen molar-refractivity contribution < 1.29 is 9.84 Å². The molecule has 2 aliphatic heterocycles. The third-order valence-corrected chi connectivity index (χ3v) is 5.30. The highest BCUT2D eigenvalue weighted by Crippen LogP contribution is 2.32. The summed E-state index contributed by atoms with van der Waals surface area (Å²) < 4.78 is 6.01. The minimum absolute atomic E-state index is 0.0617. The molecule has 1 unspecified atom stereocenters. The summed E-state index contributed by atoms with van der Waals surface area (Å²) in [6.07, 6.45) is 7.12. The van der Waals surface area contributed by atoms with E-state index in [4.69, 9.17) is 15.9 Å². The van der Waals surface area contributed by atoms with Gasteiger partial charge in [0.2, 0.25) is 5.88 Å². The van der Waals surface area contributed by atoms with Gasteiger partial charge in [-0.3, -0.25) is 0 Å². The lowest BCUT2D eigenvalue weighted by atomic mass is 10.0. The van der Waals surface area contributed by atoms with Crippen LogP contribution in [0.4, 0.5) is 0 Å². The van der Waals surface area contributed by atoms with Gasteiger partial charge in [-0.25, -0.2) is 0 Å². The summed E-state index contributed by atoms with van der Waals surface area (Å²) in [5, 5.41) is 29.7. The number of nitrogens with one attached hydrogen (secondary N) is 2. The molecule has 0 radical (unpaired) electrons. The SMILES string of the molecule is N=CC(=CN)c1ccc(-c2ccc(OC3C[C@H]4CC[C@@H](C3)N4)nn2)c(O)c1. The zero-order chi connectivity index (χ0) is 18.8. The first-order chi connectivity index (χ1) is 13.2. The molecule has 2 saturated heterocycles. The lowest BCUT2D eigenvalue weighted by Crippen LogP contribution is -2.42. The Labute approximate surface area is 157 Å². The molecule has 3 heterocycles. The molecule has 7 heteroatoms. The zero-order valence-corrected chi connectivity index (χ0v) is 14.9. The number of hydrogen-bond donors (Lipinski definition) is 4. The second-order valence-electron chi connectivity index (χ2n) is 7.10. The second-order valence-corrected chi connectivity index (χ2v) is 7.10. The number of aromatic nitrogens is 2. The number of ether oxygens (including phenoxy) is 1. The Kier molecular flexibility index (Phi) is 4.77. The molecule has 5 N–H and O–H groups in total. The van der Waals surface area contributed by atoms with E-state index in [0.29, 0.717) is 40.4 Å². The van der Waals surface area contributed by atoms with Crippen molar-refractivity contribution in [1.82, 2.24) is 15.5 Å². The van der Waals surface area contributed by atoms with Crippen molar-refractivity contribution in [2.75, 3.05) is 0 Å². The highest BCUT2D eigenvalue weighted by Gasteiger charge is 2.34. The second kappa shape index (κ2) is 7.36. The van der Waals surface area contributed by atoms with E-state index in [-0.39, 0.29) is 11.9 Å². The number of nitrogens with zero attached hydrogens (tertiary/aromatic N) is 2. The molecular formula is C20H23N5O2. The molecule has 3 atom stereocenters. The molecule has 2 aliphatic rings. The van der Waals surface area contributed by atoms with E-state index >= 15 is 0 Å². The molecule has 2 aromatic rings. The molecule has 0 spiro atoms. The van der Waals surface area contributed by atoms with Crippen molar-refractivity contribution in [2.45, 2.75) is 43.9 Å². The minimum atomic E-state index is 0.0617. The molecule has 4 rings (SSSR count). The zero-order valence-electron chi connectivity index (χ0n) is 14.9. The number of fused-ring (bicyclic) bond motifs is 2. The summed E-state index contributed by atoms with van der Waals surface area (Å²) in [7, 11) is 0. The number of piperidine rings is 1. The van der Waals surface area contributed by atoms with Gasteiger partial charge in [0.05, 0.1) is 5.69 Å². The van der Waals surface area contributed by atoms with Gasteiger partial charge >= 0.3 is 0 Å². The number of nitrogens with two attached hydrogens (primary N) is 1. The Hall–Kier alpha value is -2.93. The lowest BCUT2D eigenvalue weighted by molar-refractivity contribution is 0.130. The number of aromatic hydroxyl groups is 1. The van der Waals surface area contributed by atoms with Gasteiger partial charge in [-0.05, 0) is 49.4 Å². The van der Waals surface area contributed by atoms with Crippen LogP contribution in [0.5, 0.6) is 11.6 Å². The molecule has 0 saturated carbocycles. The van der Waals surface area contributed by atoms with Crippen molar-refractivity contribution in [3.63, 3.8) is 0 Å². The maximum atomic E-state index is 10.3. The van der Waals surface area contributed by atoms with Gasteiger partial charge in [0.1, 0.15) is 11.9 Å². The van der Waals surface area contributed by atoms with Gasteiger partial charge in [-0.1, -0.05) is 6.07 Å². The van der Waals surface area contributed by atoms with E-state index in [1.165, 1.54) is 19.0 Å². The van der Waals surface area contributed by atoms with Gasteiger partial charge in [-0.15, -0.1) is 10.2 Å². The van der Waals surface area contributed by atoms with Crippen molar-refractivity contribution >= 4 is 11.8 Å². The first-order valence-corrected chi connectivity index (χ1v) is 9.19. The summed E-state index contributed by atoms with van der Waals surface area (Å²) in [5.74, 6) is 0.574. The number of allylic oxidation sites excluding steroid dienone is 1. The van der Waals surface area contributed by atoms with Crippen LogP contribution >= 0.6 is 0 Å². The number of hydrogen-bond acceptors (Lipinski definition) is 7. The molecule has 7 nitrogen and oxygen atoms in total. The third kappa shape index (κ3) is 3.64. The maximum Gasteiger partial charge on any atom is 0.233 e. The number of benzene rings is 1. The van der Waals surface area contributed by atoms with Crippen molar-refractivity contribution in [3.8, 4) is 22.9 Å². The average molecular weight is 365 g/mol. The van der Waals surface area contributed by atoms with E-state index in [2.05, 4.69) is 15.5 Å². The smallest absolute Gasteiger partial charge is 0.233 e. The van der Waals surface area contributed by atoms with E-state index in [1.807, 2.05) is 0 Å². The Morgan fingerprint density at radius 1 is 1.19 bits per heavy atom. The van der Waals surface area contributed by atoms with Crippen molar-refractivity contribution in [2.24, 2.45) is 5.73 Å². The topological polar surface area (TPSA) is 117 Å². The van der Waals surface area contributed by atoms with Crippen molar-refractivity contribution in [3.05, 3.63) is 42.1 Å². The fraction of sp³-hybridized carbons (Fsp3) is 0.350. The van der Waals surface area contributed by atoms with E-state index < -0.39 is 0 Å². The molecule has 1 aromatic carbocycles. The van der Waals surface area contributed by atoms with E-state index in [9.17, 15) is 5.11 Å². The van der Waals surface area contributed by atoms with Crippen LogP contribution in [-0.4, -0.2) is 39.7 Å².